The molecule has 2 aromatic carbocycles. The van der Waals surface area contributed by atoms with Crippen LogP contribution >= 0.6 is 27.5 Å². The second kappa shape index (κ2) is 6.44. The average Bonchev–Trinajstić information content (AvgIpc) is 2.42. The van der Waals surface area contributed by atoms with Crippen LogP contribution in [0.5, 0.6) is 0 Å². The molecule has 0 aromatic heterocycles. The molecule has 0 radical (unpaired) electrons. The molecule has 0 amide bonds. The Morgan fingerprint density at radius 3 is 2.37 bits per heavy atom. The standard InChI is InChI=1S/C16H17BrClN/c1-3-19(13-9-7-12(2)8-10-13)16-6-4-5-15(18)14(16)11-17/h4-10H,3,11H2,1-2H3. The summed E-state index contributed by atoms with van der Waals surface area (Å²) in [5.41, 5.74) is 4.76. The van der Waals surface area contributed by atoms with Crippen molar-refractivity contribution in [1.82, 2.24) is 0 Å². The highest BCUT2D eigenvalue weighted by atomic mass is 79.9. The van der Waals surface area contributed by atoms with Crippen LogP contribution in [-0.2, 0) is 5.33 Å². The zero-order valence-corrected chi connectivity index (χ0v) is 13.5. The molecular formula is C16H17BrClN. The fourth-order valence-corrected chi connectivity index (χ4v) is 3.14. The fourth-order valence-electron chi connectivity index (χ4n) is 2.15. The Morgan fingerprint density at radius 2 is 1.79 bits per heavy atom. The predicted octanol–water partition coefficient (Wildman–Crippen LogP) is 5.70. The highest BCUT2D eigenvalue weighted by Crippen LogP contribution is 2.33. The molecule has 0 unspecified atom stereocenters. The van der Waals surface area contributed by atoms with Gasteiger partial charge in [0.1, 0.15) is 0 Å². The van der Waals surface area contributed by atoms with Crippen LogP contribution in [-0.4, -0.2) is 6.54 Å². The van der Waals surface area contributed by atoms with E-state index in [-0.39, 0.29) is 0 Å². The van der Waals surface area contributed by atoms with Crippen LogP contribution in [0.4, 0.5) is 11.4 Å². The molecule has 0 fully saturated rings. The zero-order valence-electron chi connectivity index (χ0n) is 11.2. The topological polar surface area (TPSA) is 3.24 Å². The first kappa shape index (κ1) is 14.4. The summed E-state index contributed by atoms with van der Waals surface area (Å²) in [6.45, 7) is 5.16. The van der Waals surface area contributed by atoms with Gasteiger partial charge in [-0.15, -0.1) is 0 Å². The maximum absolute atomic E-state index is 6.29. The second-order valence-corrected chi connectivity index (χ2v) is 5.42. The molecule has 19 heavy (non-hydrogen) atoms. The number of alkyl halides is 1. The quantitative estimate of drug-likeness (QED) is 0.646. The molecule has 0 atom stereocenters. The number of aryl methyl sites for hydroxylation is 1. The monoisotopic (exact) mass is 337 g/mol. The summed E-state index contributed by atoms with van der Waals surface area (Å²) in [5, 5.41) is 1.56. The van der Waals surface area contributed by atoms with Crippen molar-refractivity contribution in [3.63, 3.8) is 0 Å². The van der Waals surface area contributed by atoms with Crippen LogP contribution < -0.4 is 4.90 Å². The molecular weight excluding hydrogens is 322 g/mol. The van der Waals surface area contributed by atoms with Crippen molar-refractivity contribution in [2.24, 2.45) is 0 Å². The Hall–Kier alpha value is -0.990. The normalized spacial score (nSPS) is 10.5. The van der Waals surface area contributed by atoms with Crippen molar-refractivity contribution in [3.8, 4) is 0 Å². The smallest absolute Gasteiger partial charge is 0.0467 e. The summed E-state index contributed by atoms with van der Waals surface area (Å²) in [6, 6.07) is 14.6. The zero-order chi connectivity index (χ0) is 13.8. The van der Waals surface area contributed by atoms with Crippen molar-refractivity contribution < 1.29 is 0 Å². The van der Waals surface area contributed by atoms with Crippen molar-refractivity contribution in [2.45, 2.75) is 19.2 Å². The molecule has 0 bridgehead atoms. The van der Waals surface area contributed by atoms with Gasteiger partial charge in [-0.05, 0) is 38.1 Å². The number of hydrogen-bond acceptors (Lipinski definition) is 1. The van der Waals surface area contributed by atoms with E-state index < -0.39 is 0 Å². The molecule has 0 aliphatic carbocycles. The fraction of sp³-hybridized carbons (Fsp3) is 0.250. The van der Waals surface area contributed by atoms with E-state index in [2.05, 4.69) is 65.0 Å². The summed E-state index contributed by atoms with van der Waals surface area (Å²) in [4.78, 5) is 2.28. The van der Waals surface area contributed by atoms with Gasteiger partial charge in [-0.25, -0.2) is 0 Å². The highest BCUT2D eigenvalue weighted by molar-refractivity contribution is 9.08. The molecule has 0 saturated heterocycles. The number of anilines is 2. The van der Waals surface area contributed by atoms with Gasteiger partial charge in [0.15, 0.2) is 0 Å². The number of halogens is 2. The minimum atomic E-state index is 0.754. The molecule has 2 rings (SSSR count). The first-order valence-electron chi connectivity index (χ1n) is 6.35. The third-order valence-corrected chi connectivity index (χ3v) is 4.10. The van der Waals surface area contributed by atoms with Crippen molar-refractivity contribution in [3.05, 3.63) is 58.6 Å². The largest absolute Gasteiger partial charge is 0.341 e. The average molecular weight is 339 g/mol. The Balaban J connectivity index is 2.48. The molecule has 0 aliphatic heterocycles. The summed E-state index contributed by atoms with van der Waals surface area (Å²) in [7, 11) is 0. The lowest BCUT2D eigenvalue weighted by atomic mass is 10.1. The van der Waals surface area contributed by atoms with Gasteiger partial charge in [0.25, 0.3) is 0 Å². The van der Waals surface area contributed by atoms with Crippen LogP contribution in [0.2, 0.25) is 5.02 Å². The molecule has 2 aromatic rings. The van der Waals surface area contributed by atoms with E-state index in [4.69, 9.17) is 11.6 Å². The van der Waals surface area contributed by atoms with Gasteiger partial charge in [0.05, 0.1) is 0 Å². The first-order chi connectivity index (χ1) is 9.17. The minimum absolute atomic E-state index is 0.754. The predicted molar refractivity (Wildman–Crippen MR) is 87.9 cm³/mol. The second-order valence-electron chi connectivity index (χ2n) is 4.45. The highest BCUT2D eigenvalue weighted by Gasteiger charge is 2.13. The summed E-state index contributed by atoms with van der Waals surface area (Å²) in [5.74, 6) is 0. The van der Waals surface area contributed by atoms with Crippen LogP contribution in [0.1, 0.15) is 18.1 Å². The van der Waals surface area contributed by atoms with E-state index in [1.54, 1.807) is 0 Å². The van der Waals surface area contributed by atoms with Gasteiger partial charge < -0.3 is 4.90 Å². The Kier molecular flexibility index (Phi) is 4.89. The lowest BCUT2D eigenvalue weighted by molar-refractivity contribution is 1.01. The van der Waals surface area contributed by atoms with Crippen molar-refractivity contribution in [2.75, 3.05) is 11.4 Å². The van der Waals surface area contributed by atoms with Crippen molar-refractivity contribution >= 4 is 38.9 Å². The molecule has 0 spiro atoms. The summed E-state index contributed by atoms with van der Waals surface area (Å²) >= 11 is 9.82. The molecule has 1 nitrogen and oxygen atoms in total. The van der Waals surface area contributed by atoms with E-state index in [9.17, 15) is 0 Å². The van der Waals surface area contributed by atoms with Crippen LogP contribution in [0.3, 0.4) is 0 Å². The van der Waals surface area contributed by atoms with Gasteiger partial charge in [-0.1, -0.05) is 51.3 Å². The van der Waals surface area contributed by atoms with Crippen LogP contribution in [0.25, 0.3) is 0 Å². The number of rotatable bonds is 4. The van der Waals surface area contributed by atoms with Crippen molar-refractivity contribution in [1.29, 1.82) is 0 Å². The SMILES string of the molecule is CCN(c1ccc(C)cc1)c1cccc(Cl)c1CBr. The molecule has 100 valence electrons. The third-order valence-electron chi connectivity index (χ3n) is 3.18. The number of benzene rings is 2. The maximum atomic E-state index is 6.29. The molecule has 0 aliphatic rings. The number of nitrogens with zero attached hydrogens (tertiary/aromatic N) is 1. The van der Waals surface area contributed by atoms with Crippen LogP contribution in [0, 0.1) is 6.92 Å². The lowest BCUT2D eigenvalue weighted by Gasteiger charge is -2.26. The van der Waals surface area contributed by atoms with E-state index in [0.29, 0.717) is 0 Å². The Bertz CT molecular complexity index is 551. The molecule has 3 heteroatoms. The van der Waals surface area contributed by atoms with E-state index in [1.165, 1.54) is 11.3 Å². The van der Waals surface area contributed by atoms with Gasteiger partial charge in [0.2, 0.25) is 0 Å². The van der Waals surface area contributed by atoms with Gasteiger partial charge >= 0.3 is 0 Å². The Morgan fingerprint density at radius 1 is 1.11 bits per heavy atom. The van der Waals surface area contributed by atoms with E-state index in [0.717, 1.165) is 28.1 Å². The maximum Gasteiger partial charge on any atom is 0.0467 e. The lowest BCUT2D eigenvalue weighted by Crippen LogP contribution is -2.17. The number of hydrogen-bond donors (Lipinski definition) is 0. The molecule has 0 N–H and O–H groups in total. The van der Waals surface area contributed by atoms with Gasteiger partial charge in [-0.2, -0.15) is 0 Å². The molecule has 0 heterocycles. The van der Waals surface area contributed by atoms with Gasteiger partial charge in [-0.3, -0.25) is 0 Å². The van der Waals surface area contributed by atoms with E-state index >= 15 is 0 Å². The minimum Gasteiger partial charge on any atom is -0.341 e. The van der Waals surface area contributed by atoms with Gasteiger partial charge in [0, 0.05) is 33.8 Å². The summed E-state index contributed by atoms with van der Waals surface area (Å²) < 4.78 is 0. The Labute approximate surface area is 128 Å². The van der Waals surface area contributed by atoms with Crippen LogP contribution in [0.15, 0.2) is 42.5 Å². The molecule has 0 saturated carbocycles. The first-order valence-corrected chi connectivity index (χ1v) is 7.85. The third kappa shape index (κ3) is 3.13. The van der Waals surface area contributed by atoms with E-state index in [1.807, 2.05) is 12.1 Å². The summed E-state index contributed by atoms with van der Waals surface area (Å²) in [6.07, 6.45) is 0.